The quantitative estimate of drug-likeness (QED) is 0.153. The lowest BCUT2D eigenvalue weighted by Gasteiger charge is -2.28. The first-order valence-electron chi connectivity index (χ1n) is 21.1. The number of rotatable bonds is 8. The van der Waals surface area contributed by atoms with E-state index in [4.69, 9.17) is 14.4 Å². The Labute approximate surface area is 368 Å². The van der Waals surface area contributed by atoms with E-state index in [0.29, 0.717) is 5.82 Å². The monoisotopic (exact) mass is 823 g/mol. The number of para-hydroxylation sites is 2. The lowest BCUT2D eigenvalue weighted by molar-refractivity contribution is 0.669. The second-order valence-electron chi connectivity index (χ2n) is 15.7. The van der Waals surface area contributed by atoms with E-state index < -0.39 is 0 Å². The zero-order valence-corrected chi connectivity index (χ0v) is 34.8. The molecule has 0 aliphatic heterocycles. The molecule has 0 saturated carbocycles. The van der Waals surface area contributed by atoms with Gasteiger partial charge in [0.25, 0.3) is 0 Å². The third-order valence-electron chi connectivity index (χ3n) is 11.9. The van der Waals surface area contributed by atoms with Gasteiger partial charge in [0.15, 0.2) is 5.82 Å². The van der Waals surface area contributed by atoms with Crippen molar-refractivity contribution in [1.29, 1.82) is 0 Å². The van der Waals surface area contributed by atoms with E-state index in [1.165, 1.54) is 15.8 Å². The van der Waals surface area contributed by atoms with Gasteiger partial charge >= 0.3 is 0 Å². The van der Waals surface area contributed by atoms with Gasteiger partial charge in [0.2, 0.25) is 0 Å². The molecule has 63 heavy (non-hydrogen) atoms. The number of thiophene rings is 1. The molecule has 9 aromatic carbocycles. The first kappa shape index (κ1) is 36.7. The maximum absolute atomic E-state index is 6.60. The number of anilines is 3. The molecule has 3 heterocycles. The van der Waals surface area contributed by atoms with Crippen LogP contribution in [0.5, 0.6) is 0 Å². The molecule has 0 unspecified atom stereocenters. The standard InChI is InChI=1S/C58H37N3OS/c1-4-15-39(16-5-1)46-21-10-12-24-50(46)61(44-19-8-3-9-20-44)45-34-31-38(32-35-45)43-33-36-48-52(37-43)62-51-25-14-23-47(54(48)51)40-27-29-42(30-28-40)58-59-55(41-17-6-2-7-18-41)57-56(60-58)49-22-11-13-26-53(49)63-57/h1-37H. The van der Waals surface area contributed by atoms with Crippen molar-refractivity contribution < 1.29 is 4.42 Å². The maximum atomic E-state index is 6.60. The molecule has 0 spiro atoms. The average Bonchev–Trinajstić information content (AvgIpc) is 3.93. The second kappa shape index (κ2) is 15.4. The number of nitrogens with zero attached hydrogens (tertiary/aromatic N) is 3. The zero-order chi connectivity index (χ0) is 41.7. The molecule has 3 aromatic heterocycles. The Kier molecular flexibility index (Phi) is 8.98. The van der Waals surface area contributed by atoms with Crippen LogP contribution in [0.4, 0.5) is 17.1 Å². The smallest absolute Gasteiger partial charge is 0.160 e. The van der Waals surface area contributed by atoms with Crippen LogP contribution < -0.4 is 4.90 Å². The van der Waals surface area contributed by atoms with E-state index in [2.05, 4.69) is 223 Å². The number of aromatic nitrogens is 2. The Morgan fingerprint density at radius 2 is 1.00 bits per heavy atom. The van der Waals surface area contributed by atoms with Crippen LogP contribution in [0.3, 0.4) is 0 Å². The van der Waals surface area contributed by atoms with Crippen molar-refractivity contribution in [2.24, 2.45) is 0 Å². The van der Waals surface area contributed by atoms with E-state index in [1.54, 1.807) is 11.3 Å². The van der Waals surface area contributed by atoms with Gasteiger partial charge < -0.3 is 9.32 Å². The molecule has 0 amide bonds. The minimum atomic E-state index is 0.716. The number of fused-ring (bicyclic) bond motifs is 6. The van der Waals surface area contributed by atoms with E-state index >= 15 is 0 Å². The molecule has 0 saturated heterocycles. The summed E-state index contributed by atoms with van der Waals surface area (Å²) in [5.74, 6) is 0.716. The second-order valence-corrected chi connectivity index (χ2v) is 16.8. The van der Waals surface area contributed by atoms with Gasteiger partial charge in [0, 0.05) is 48.9 Å². The highest BCUT2D eigenvalue weighted by Gasteiger charge is 2.20. The van der Waals surface area contributed by atoms with Crippen LogP contribution in [-0.4, -0.2) is 9.97 Å². The summed E-state index contributed by atoms with van der Waals surface area (Å²) in [5, 5.41) is 3.35. The molecule has 12 aromatic rings. The highest BCUT2D eigenvalue weighted by molar-refractivity contribution is 7.26. The fraction of sp³-hybridized carbons (Fsp3) is 0. The predicted molar refractivity (Wildman–Crippen MR) is 264 cm³/mol. The van der Waals surface area contributed by atoms with Crippen molar-refractivity contribution in [3.8, 4) is 56.0 Å². The average molecular weight is 824 g/mol. The number of furan rings is 1. The molecule has 0 atom stereocenters. The van der Waals surface area contributed by atoms with E-state index in [0.717, 1.165) is 93.7 Å². The maximum Gasteiger partial charge on any atom is 0.160 e. The normalized spacial score (nSPS) is 11.5. The molecule has 0 aliphatic rings. The van der Waals surface area contributed by atoms with E-state index in [1.807, 2.05) is 6.07 Å². The third-order valence-corrected chi connectivity index (χ3v) is 13.1. The Hall–Kier alpha value is -8.12. The van der Waals surface area contributed by atoms with Gasteiger partial charge in [0.05, 0.1) is 21.6 Å². The summed E-state index contributed by atoms with van der Waals surface area (Å²) >= 11 is 1.75. The van der Waals surface area contributed by atoms with Gasteiger partial charge in [-0.3, -0.25) is 0 Å². The number of benzene rings is 9. The Balaban J connectivity index is 0.884. The van der Waals surface area contributed by atoms with Crippen LogP contribution >= 0.6 is 11.3 Å². The van der Waals surface area contributed by atoms with Gasteiger partial charge in [-0.1, -0.05) is 170 Å². The van der Waals surface area contributed by atoms with Gasteiger partial charge in [-0.2, -0.15) is 0 Å². The summed E-state index contributed by atoms with van der Waals surface area (Å²) in [5.41, 5.74) is 15.8. The van der Waals surface area contributed by atoms with Crippen molar-refractivity contribution in [1.82, 2.24) is 9.97 Å². The van der Waals surface area contributed by atoms with E-state index in [9.17, 15) is 0 Å². The fourth-order valence-corrected chi connectivity index (χ4v) is 10.0. The number of hydrogen-bond acceptors (Lipinski definition) is 5. The summed E-state index contributed by atoms with van der Waals surface area (Å²) < 4.78 is 8.92. The molecule has 0 aliphatic carbocycles. The molecule has 0 radical (unpaired) electrons. The third kappa shape index (κ3) is 6.54. The molecular formula is C58H37N3OS. The fourth-order valence-electron chi connectivity index (χ4n) is 8.89. The van der Waals surface area contributed by atoms with Gasteiger partial charge in [-0.05, 0) is 82.4 Å². The first-order valence-corrected chi connectivity index (χ1v) is 22.0. The Bertz CT molecular complexity index is 3600. The molecular weight excluding hydrogens is 787 g/mol. The van der Waals surface area contributed by atoms with E-state index in [-0.39, 0.29) is 0 Å². The van der Waals surface area contributed by atoms with Crippen molar-refractivity contribution in [2.45, 2.75) is 0 Å². The predicted octanol–water partition coefficient (Wildman–Crippen LogP) is 16.5. The molecule has 0 N–H and O–H groups in total. The summed E-state index contributed by atoms with van der Waals surface area (Å²) in [6.45, 7) is 0. The minimum absolute atomic E-state index is 0.716. The Morgan fingerprint density at radius 3 is 1.79 bits per heavy atom. The van der Waals surface area contributed by atoms with Crippen molar-refractivity contribution in [3.05, 3.63) is 224 Å². The summed E-state index contributed by atoms with van der Waals surface area (Å²) in [7, 11) is 0. The highest BCUT2D eigenvalue weighted by Crippen LogP contribution is 2.43. The van der Waals surface area contributed by atoms with Gasteiger partial charge in [-0.15, -0.1) is 11.3 Å². The van der Waals surface area contributed by atoms with Gasteiger partial charge in [-0.25, -0.2) is 9.97 Å². The molecule has 12 rings (SSSR count). The van der Waals surface area contributed by atoms with Crippen LogP contribution in [0.25, 0.3) is 98.3 Å². The van der Waals surface area contributed by atoms with Crippen LogP contribution in [0, 0.1) is 0 Å². The summed E-state index contributed by atoms with van der Waals surface area (Å²) in [4.78, 5) is 12.7. The molecule has 5 heteroatoms. The lowest BCUT2D eigenvalue weighted by Crippen LogP contribution is -2.11. The van der Waals surface area contributed by atoms with Crippen LogP contribution in [0.15, 0.2) is 229 Å². The zero-order valence-electron chi connectivity index (χ0n) is 34.0. The molecule has 0 bridgehead atoms. The first-order chi connectivity index (χ1) is 31.2. The lowest BCUT2D eigenvalue weighted by atomic mass is 9.97. The summed E-state index contributed by atoms with van der Waals surface area (Å²) in [6, 6.07) is 79.1. The van der Waals surface area contributed by atoms with Crippen LogP contribution in [-0.2, 0) is 0 Å². The number of hydrogen-bond donors (Lipinski definition) is 0. The van der Waals surface area contributed by atoms with Crippen molar-refractivity contribution in [2.75, 3.05) is 4.90 Å². The largest absolute Gasteiger partial charge is 0.456 e. The molecule has 4 nitrogen and oxygen atoms in total. The van der Waals surface area contributed by atoms with Crippen molar-refractivity contribution >= 4 is 70.6 Å². The highest BCUT2D eigenvalue weighted by atomic mass is 32.1. The minimum Gasteiger partial charge on any atom is -0.456 e. The van der Waals surface area contributed by atoms with Crippen LogP contribution in [0.2, 0.25) is 0 Å². The summed E-state index contributed by atoms with van der Waals surface area (Å²) in [6.07, 6.45) is 0. The SMILES string of the molecule is c1ccc(-c2ccccc2N(c2ccccc2)c2ccc(-c3ccc4c(c3)oc3cccc(-c5ccc(-c6nc(-c7ccccc7)c7sc8ccccc8c7n6)cc5)c34)cc2)cc1. The van der Waals surface area contributed by atoms with Gasteiger partial charge in [0.1, 0.15) is 11.2 Å². The molecule has 0 fully saturated rings. The van der Waals surface area contributed by atoms with Crippen molar-refractivity contribution in [3.63, 3.8) is 0 Å². The van der Waals surface area contributed by atoms with Crippen LogP contribution in [0.1, 0.15) is 0 Å². The Morgan fingerprint density at radius 1 is 0.397 bits per heavy atom. The topological polar surface area (TPSA) is 42.2 Å². The molecule has 296 valence electrons.